The smallest absolute Gasteiger partial charge is 0.343 e. The maximum atomic E-state index is 12.1. The van der Waals surface area contributed by atoms with Crippen molar-refractivity contribution < 1.29 is 19.1 Å². The van der Waals surface area contributed by atoms with E-state index in [1.165, 1.54) is 6.21 Å². The van der Waals surface area contributed by atoms with E-state index in [-0.39, 0.29) is 12.5 Å². The van der Waals surface area contributed by atoms with Gasteiger partial charge in [0.25, 0.3) is 5.91 Å². The molecule has 30 heavy (non-hydrogen) atoms. The van der Waals surface area contributed by atoms with Crippen LogP contribution in [-0.4, -0.2) is 24.7 Å². The van der Waals surface area contributed by atoms with Crippen LogP contribution >= 0.6 is 0 Å². The molecule has 0 bridgehead atoms. The summed E-state index contributed by atoms with van der Waals surface area (Å²) in [6.45, 7) is 3.80. The number of ether oxygens (including phenoxy) is 2. The van der Waals surface area contributed by atoms with Gasteiger partial charge in [-0.3, -0.25) is 4.79 Å². The van der Waals surface area contributed by atoms with Crippen LogP contribution in [0.2, 0.25) is 0 Å². The van der Waals surface area contributed by atoms with E-state index in [0.29, 0.717) is 17.1 Å². The first-order chi connectivity index (χ1) is 14.5. The van der Waals surface area contributed by atoms with Crippen molar-refractivity contribution in [1.29, 1.82) is 0 Å². The third-order valence-electron chi connectivity index (χ3n) is 4.17. The van der Waals surface area contributed by atoms with E-state index >= 15 is 0 Å². The van der Waals surface area contributed by atoms with E-state index in [9.17, 15) is 9.59 Å². The van der Waals surface area contributed by atoms with Crippen LogP contribution in [0.25, 0.3) is 0 Å². The maximum Gasteiger partial charge on any atom is 0.343 e. The average Bonchev–Trinajstić information content (AvgIpc) is 2.75. The van der Waals surface area contributed by atoms with Crippen molar-refractivity contribution in [3.8, 4) is 11.5 Å². The normalized spacial score (nSPS) is 10.6. The van der Waals surface area contributed by atoms with E-state index in [4.69, 9.17) is 9.47 Å². The molecule has 0 unspecified atom stereocenters. The van der Waals surface area contributed by atoms with Crippen molar-refractivity contribution >= 4 is 18.1 Å². The third-order valence-corrected chi connectivity index (χ3v) is 4.17. The Bertz CT molecular complexity index is 1020. The topological polar surface area (TPSA) is 77.0 Å². The molecule has 152 valence electrons. The molecule has 0 atom stereocenters. The largest absolute Gasteiger partial charge is 0.484 e. The van der Waals surface area contributed by atoms with Gasteiger partial charge in [-0.15, -0.1) is 0 Å². The predicted octanol–water partition coefficient (Wildman–Crippen LogP) is 4.05. The van der Waals surface area contributed by atoms with Crippen LogP contribution in [0.5, 0.6) is 11.5 Å². The SMILES string of the molecule is Cc1ccc(OCC(=O)NN=Cc2ccc(OC(=O)c3ccc(C)cc3)cc2)cc1. The van der Waals surface area contributed by atoms with Gasteiger partial charge in [0.2, 0.25) is 0 Å². The summed E-state index contributed by atoms with van der Waals surface area (Å²) in [6.07, 6.45) is 1.50. The second kappa shape index (κ2) is 10.0. The fraction of sp³-hybridized carbons (Fsp3) is 0.125. The van der Waals surface area contributed by atoms with Crippen LogP contribution in [0.4, 0.5) is 0 Å². The number of hydrazone groups is 1. The zero-order chi connectivity index (χ0) is 21.3. The van der Waals surface area contributed by atoms with Gasteiger partial charge in [-0.25, -0.2) is 10.2 Å². The molecule has 0 spiro atoms. The van der Waals surface area contributed by atoms with Crippen LogP contribution in [0.1, 0.15) is 27.0 Å². The summed E-state index contributed by atoms with van der Waals surface area (Å²) in [6, 6.07) is 21.4. The molecular formula is C24H22N2O4. The van der Waals surface area contributed by atoms with E-state index < -0.39 is 5.97 Å². The molecule has 3 aromatic carbocycles. The zero-order valence-corrected chi connectivity index (χ0v) is 16.8. The lowest BCUT2D eigenvalue weighted by Crippen LogP contribution is -2.24. The lowest BCUT2D eigenvalue weighted by Gasteiger charge is -2.05. The Morgan fingerprint density at radius 2 is 1.40 bits per heavy atom. The Labute approximate surface area is 175 Å². The van der Waals surface area contributed by atoms with Crippen molar-refractivity contribution in [1.82, 2.24) is 5.43 Å². The molecule has 0 saturated heterocycles. The number of nitrogens with one attached hydrogen (secondary N) is 1. The predicted molar refractivity (Wildman–Crippen MR) is 115 cm³/mol. The minimum atomic E-state index is -0.419. The number of aryl methyl sites for hydroxylation is 2. The number of amides is 1. The highest BCUT2D eigenvalue weighted by Crippen LogP contribution is 2.14. The monoisotopic (exact) mass is 402 g/mol. The molecule has 0 saturated carbocycles. The maximum absolute atomic E-state index is 12.1. The molecule has 6 heteroatoms. The van der Waals surface area contributed by atoms with Crippen molar-refractivity contribution in [3.63, 3.8) is 0 Å². The molecule has 0 heterocycles. The Morgan fingerprint density at radius 1 is 0.833 bits per heavy atom. The van der Waals surface area contributed by atoms with Gasteiger partial charge in [0.1, 0.15) is 11.5 Å². The average molecular weight is 402 g/mol. The number of carbonyl (C=O) groups is 2. The Hall–Kier alpha value is -3.93. The molecule has 6 nitrogen and oxygen atoms in total. The first kappa shape index (κ1) is 20.8. The van der Waals surface area contributed by atoms with Crippen molar-refractivity contribution in [2.75, 3.05) is 6.61 Å². The highest BCUT2D eigenvalue weighted by Gasteiger charge is 2.08. The highest BCUT2D eigenvalue weighted by atomic mass is 16.5. The quantitative estimate of drug-likeness (QED) is 0.280. The number of esters is 1. The Kier molecular flexibility index (Phi) is 6.95. The van der Waals surface area contributed by atoms with Crippen LogP contribution in [0.15, 0.2) is 77.9 Å². The fourth-order valence-electron chi connectivity index (χ4n) is 2.47. The first-order valence-electron chi connectivity index (χ1n) is 9.40. The van der Waals surface area contributed by atoms with Gasteiger partial charge in [-0.2, -0.15) is 5.10 Å². The zero-order valence-electron chi connectivity index (χ0n) is 16.8. The molecule has 0 aliphatic heterocycles. The van der Waals surface area contributed by atoms with Crippen LogP contribution in [-0.2, 0) is 4.79 Å². The van der Waals surface area contributed by atoms with E-state index in [0.717, 1.165) is 16.7 Å². The standard InChI is InChI=1S/C24H22N2O4/c1-17-3-9-20(10-4-17)24(28)30-22-13-7-19(8-14-22)15-25-26-23(27)16-29-21-11-5-18(2)6-12-21/h3-15H,16H2,1-2H3,(H,26,27). The molecule has 1 amide bonds. The Balaban J connectivity index is 1.45. The van der Waals surface area contributed by atoms with Crippen LogP contribution in [0.3, 0.4) is 0 Å². The van der Waals surface area contributed by atoms with Gasteiger partial charge >= 0.3 is 5.97 Å². The number of nitrogens with zero attached hydrogens (tertiary/aromatic N) is 1. The van der Waals surface area contributed by atoms with Crippen LogP contribution in [0, 0.1) is 13.8 Å². The number of hydrogen-bond acceptors (Lipinski definition) is 5. The summed E-state index contributed by atoms with van der Waals surface area (Å²) < 4.78 is 10.7. The first-order valence-corrected chi connectivity index (χ1v) is 9.40. The minimum absolute atomic E-state index is 0.131. The molecule has 0 aliphatic carbocycles. The van der Waals surface area contributed by atoms with Crippen molar-refractivity contribution in [2.24, 2.45) is 5.10 Å². The number of benzene rings is 3. The molecule has 3 aromatic rings. The molecule has 0 aromatic heterocycles. The Morgan fingerprint density at radius 3 is 2.03 bits per heavy atom. The molecule has 1 N–H and O–H groups in total. The molecular weight excluding hydrogens is 380 g/mol. The van der Waals surface area contributed by atoms with Crippen LogP contribution < -0.4 is 14.9 Å². The number of carbonyl (C=O) groups excluding carboxylic acids is 2. The fourth-order valence-corrected chi connectivity index (χ4v) is 2.47. The van der Waals surface area contributed by atoms with Crippen molar-refractivity contribution in [3.05, 3.63) is 95.1 Å². The molecule has 3 rings (SSSR count). The van der Waals surface area contributed by atoms with E-state index in [1.54, 1.807) is 48.5 Å². The minimum Gasteiger partial charge on any atom is -0.484 e. The summed E-state index contributed by atoms with van der Waals surface area (Å²) >= 11 is 0. The summed E-state index contributed by atoms with van der Waals surface area (Å²) in [5, 5.41) is 3.90. The van der Waals surface area contributed by atoms with Gasteiger partial charge in [0.15, 0.2) is 6.61 Å². The summed E-state index contributed by atoms with van der Waals surface area (Å²) in [4.78, 5) is 23.9. The molecule has 0 aliphatic rings. The number of rotatable bonds is 7. The van der Waals surface area contributed by atoms with Gasteiger partial charge in [-0.05, 0) is 67.9 Å². The summed E-state index contributed by atoms with van der Waals surface area (Å²) in [7, 11) is 0. The lowest BCUT2D eigenvalue weighted by atomic mass is 10.1. The second-order valence-corrected chi connectivity index (χ2v) is 6.72. The third kappa shape index (κ3) is 6.31. The van der Waals surface area contributed by atoms with E-state index in [2.05, 4.69) is 10.5 Å². The highest BCUT2D eigenvalue weighted by molar-refractivity contribution is 5.91. The second-order valence-electron chi connectivity index (χ2n) is 6.72. The summed E-state index contributed by atoms with van der Waals surface area (Å²) in [5.74, 6) is 0.261. The van der Waals surface area contributed by atoms with Gasteiger partial charge in [0.05, 0.1) is 11.8 Å². The molecule has 0 fully saturated rings. The lowest BCUT2D eigenvalue weighted by molar-refractivity contribution is -0.123. The number of hydrogen-bond donors (Lipinski definition) is 1. The van der Waals surface area contributed by atoms with E-state index in [1.807, 2.05) is 38.1 Å². The molecule has 0 radical (unpaired) electrons. The van der Waals surface area contributed by atoms with Gasteiger partial charge < -0.3 is 9.47 Å². The van der Waals surface area contributed by atoms with Crippen molar-refractivity contribution in [2.45, 2.75) is 13.8 Å². The van der Waals surface area contributed by atoms with Gasteiger partial charge in [0, 0.05) is 0 Å². The summed E-state index contributed by atoms with van der Waals surface area (Å²) in [5.41, 5.74) is 5.83. The van der Waals surface area contributed by atoms with Gasteiger partial charge in [-0.1, -0.05) is 35.4 Å².